The number of hydrogen-bond acceptors (Lipinski definition) is 2. The van der Waals surface area contributed by atoms with Gasteiger partial charge in [0.05, 0.1) is 0 Å². The zero-order chi connectivity index (χ0) is 13.8. The largest absolute Gasteiger partial charge is 0.339 e. The van der Waals surface area contributed by atoms with Crippen molar-refractivity contribution in [3.8, 4) is 0 Å². The molecule has 1 aliphatic carbocycles. The van der Waals surface area contributed by atoms with Crippen molar-refractivity contribution in [2.24, 2.45) is 17.6 Å². The molecule has 3 heteroatoms. The van der Waals surface area contributed by atoms with E-state index in [0.29, 0.717) is 18.4 Å². The van der Waals surface area contributed by atoms with Crippen LogP contribution in [0.4, 0.5) is 0 Å². The van der Waals surface area contributed by atoms with Crippen LogP contribution < -0.4 is 5.73 Å². The molecule has 1 heterocycles. The Balaban J connectivity index is 1.96. The summed E-state index contributed by atoms with van der Waals surface area (Å²) in [7, 11) is 0. The second-order valence-corrected chi connectivity index (χ2v) is 6.62. The monoisotopic (exact) mass is 266 g/mol. The van der Waals surface area contributed by atoms with Crippen LogP contribution in [0.15, 0.2) is 0 Å². The number of piperidine rings is 1. The van der Waals surface area contributed by atoms with E-state index in [4.69, 9.17) is 5.73 Å². The number of carbonyl (C=O) groups excluding carboxylic acids is 1. The van der Waals surface area contributed by atoms with Crippen LogP contribution in [0.3, 0.4) is 0 Å². The van der Waals surface area contributed by atoms with Gasteiger partial charge >= 0.3 is 0 Å². The van der Waals surface area contributed by atoms with E-state index in [2.05, 4.69) is 18.7 Å². The summed E-state index contributed by atoms with van der Waals surface area (Å²) < 4.78 is 0. The van der Waals surface area contributed by atoms with Crippen LogP contribution in [-0.2, 0) is 4.79 Å². The fourth-order valence-electron chi connectivity index (χ4n) is 4.04. The van der Waals surface area contributed by atoms with Crippen LogP contribution in [0.1, 0.15) is 65.2 Å². The molecule has 0 radical (unpaired) electrons. The number of amides is 1. The van der Waals surface area contributed by atoms with Crippen LogP contribution in [0.2, 0.25) is 0 Å². The van der Waals surface area contributed by atoms with Gasteiger partial charge in [-0.15, -0.1) is 0 Å². The maximum absolute atomic E-state index is 12.5. The lowest BCUT2D eigenvalue weighted by Crippen LogP contribution is -2.53. The van der Waals surface area contributed by atoms with Crippen molar-refractivity contribution in [1.29, 1.82) is 0 Å². The minimum absolute atomic E-state index is 0.0545. The fourth-order valence-corrected chi connectivity index (χ4v) is 4.04. The lowest BCUT2D eigenvalue weighted by molar-refractivity contribution is -0.139. The van der Waals surface area contributed by atoms with Gasteiger partial charge in [0.2, 0.25) is 5.91 Å². The number of hydrogen-bond donors (Lipinski definition) is 1. The number of nitrogens with zero attached hydrogens (tertiary/aromatic N) is 1. The molecule has 0 aromatic heterocycles. The number of nitrogens with two attached hydrogens (primary N) is 1. The van der Waals surface area contributed by atoms with Gasteiger partial charge < -0.3 is 10.6 Å². The van der Waals surface area contributed by atoms with E-state index in [9.17, 15) is 4.79 Å². The Labute approximate surface area is 117 Å². The number of rotatable bonds is 4. The fraction of sp³-hybridized carbons (Fsp3) is 0.938. The molecule has 19 heavy (non-hydrogen) atoms. The summed E-state index contributed by atoms with van der Waals surface area (Å²) in [6.45, 7) is 5.46. The summed E-state index contributed by atoms with van der Waals surface area (Å²) in [4.78, 5) is 14.7. The first-order valence-corrected chi connectivity index (χ1v) is 8.18. The Morgan fingerprint density at radius 1 is 1.32 bits per heavy atom. The molecule has 1 amide bonds. The molecule has 2 rings (SSSR count). The van der Waals surface area contributed by atoms with Gasteiger partial charge in [0, 0.05) is 25.0 Å². The first-order valence-electron chi connectivity index (χ1n) is 8.18. The maximum Gasteiger partial charge on any atom is 0.224 e. The quantitative estimate of drug-likeness (QED) is 0.850. The van der Waals surface area contributed by atoms with Gasteiger partial charge in [0.15, 0.2) is 0 Å². The molecule has 0 spiro atoms. The van der Waals surface area contributed by atoms with Gasteiger partial charge in [-0.2, -0.15) is 0 Å². The highest BCUT2D eigenvalue weighted by Crippen LogP contribution is 2.39. The molecule has 0 bridgehead atoms. The van der Waals surface area contributed by atoms with Gasteiger partial charge in [-0.05, 0) is 37.5 Å². The third-order valence-corrected chi connectivity index (χ3v) is 5.15. The number of likely N-dealkylation sites (tertiary alicyclic amines) is 1. The van der Waals surface area contributed by atoms with E-state index in [1.165, 1.54) is 32.1 Å². The molecule has 4 unspecified atom stereocenters. The molecule has 2 aliphatic rings. The normalized spacial score (nSPS) is 32.8. The third kappa shape index (κ3) is 3.50. The topological polar surface area (TPSA) is 46.3 Å². The molecule has 1 aliphatic heterocycles. The molecular formula is C16H30N2O. The average Bonchev–Trinajstić information content (AvgIpc) is 2.39. The van der Waals surface area contributed by atoms with Gasteiger partial charge in [-0.3, -0.25) is 4.79 Å². The van der Waals surface area contributed by atoms with Crippen LogP contribution >= 0.6 is 0 Å². The van der Waals surface area contributed by atoms with E-state index < -0.39 is 0 Å². The van der Waals surface area contributed by atoms with Gasteiger partial charge in [0.1, 0.15) is 0 Å². The van der Waals surface area contributed by atoms with Crippen LogP contribution in [0.25, 0.3) is 0 Å². The first kappa shape index (κ1) is 14.8. The SMILES string of the molecule is CCCC(N)CC(=O)N1CCC(C)C2CCCCC21. The summed E-state index contributed by atoms with van der Waals surface area (Å²) >= 11 is 0. The van der Waals surface area contributed by atoms with Crippen molar-refractivity contribution in [2.75, 3.05) is 6.54 Å². The smallest absolute Gasteiger partial charge is 0.224 e. The van der Waals surface area contributed by atoms with Crippen LogP contribution in [-0.4, -0.2) is 29.4 Å². The highest BCUT2D eigenvalue weighted by atomic mass is 16.2. The lowest BCUT2D eigenvalue weighted by Gasteiger charge is -2.47. The lowest BCUT2D eigenvalue weighted by atomic mass is 9.72. The Hall–Kier alpha value is -0.570. The third-order valence-electron chi connectivity index (χ3n) is 5.15. The van der Waals surface area contributed by atoms with E-state index in [1.54, 1.807) is 0 Å². The van der Waals surface area contributed by atoms with Gasteiger partial charge in [-0.1, -0.05) is 33.1 Å². The van der Waals surface area contributed by atoms with Crippen molar-refractivity contribution in [1.82, 2.24) is 4.90 Å². The van der Waals surface area contributed by atoms with Crippen molar-refractivity contribution in [3.63, 3.8) is 0 Å². The second-order valence-electron chi connectivity index (χ2n) is 6.62. The standard InChI is InChI=1S/C16H30N2O/c1-3-6-13(17)11-16(19)18-10-9-12(2)14-7-4-5-8-15(14)18/h12-15H,3-11,17H2,1-2H3. The second kappa shape index (κ2) is 6.74. The van der Waals surface area contributed by atoms with Gasteiger partial charge in [0.25, 0.3) is 0 Å². The Kier molecular flexibility index (Phi) is 5.26. The molecule has 2 fully saturated rings. The molecule has 0 aromatic carbocycles. The molecule has 1 saturated carbocycles. The molecule has 110 valence electrons. The van der Waals surface area contributed by atoms with Crippen LogP contribution in [0.5, 0.6) is 0 Å². The van der Waals surface area contributed by atoms with Crippen molar-refractivity contribution in [2.45, 2.75) is 77.3 Å². The van der Waals surface area contributed by atoms with E-state index in [0.717, 1.165) is 31.2 Å². The summed E-state index contributed by atoms with van der Waals surface area (Å²) in [5, 5.41) is 0. The van der Waals surface area contributed by atoms with E-state index >= 15 is 0 Å². The molecule has 1 saturated heterocycles. The molecular weight excluding hydrogens is 236 g/mol. The average molecular weight is 266 g/mol. The maximum atomic E-state index is 12.5. The highest BCUT2D eigenvalue weighted by molar-refractivity contribution is 5.77. The Morgan fingerprint density at radius 3 is 2.79 bits per heavy atom. The Morgan fingerprint density at radius 2 is 2.05 bits per heavy atom. The summed E-state index contributed by atoms with van der Waals surface area (Å²) in [6.07, 6.45) is 8.92. The van der Waals surface area contributed by atoms with E-state index in [1.807, 2.05) is 0 Å². The van der Waals surface area contributed by atoms with Crippen molar-refractivity contribution < 1.29 is 4.79 Å². The predicted octanol–water partition coefficient (Wildman–Crippen LogP) is 2.93. The minimum atomic E-state index is 0.0545. The highest BCUT2D eigenvalue weighted by Gasteiger charge is 2.39. The number of fused-ring (bicyclic) bond motifs is 1. The van der Waals surface area contributed by atoms with Crippen LogP contribution in [0, 0.1) is 11.8 Å². The molecule has 4 atom stereocenters. The summed E-state index contributed by atoms with van der Waals surface area (Å²) in [5.74, 6) is 1.84. The molecule has 2 N–H and O–H groups in total. The minimum Gasteiger partial charge on any atom is -0.339 e. The Bertz CT molecular complexity index is 305. The van der Waals surface area contributed by atoms with Crippen molar-refractivity contribution >= 4 is 5.91 Å². The van der Waals surface area contributed by atoms with Gasteiger partial charge in [-0.25, -0.2) is 0 Å². The number of carbonyl (C=O) groups is 1. The predicted molar refractivity (Wildman–Crippen MR) is 78.7 cm³/mol. The first-order chi connectivity index (χ1) is 9.13. The van der Waals surface area contributed by atoms with Crippen molar-refractivity contribution in [3.05, 3.63) is 0 Å². The zero-order valence-electron chi connectivity index (χ0n) is 12.6. The molecule has 0 aromatic rings. The molecule has 3 nitrogen and oxygen atoms in total. The zero-order valence-corrected chi connectivity index (χ0v) is 12.6. The summed E-state index contributed by atoms with van der Waals surface area (Å²) in [5.41, 5.74) is 6.04. The summed E-state index contributed by atoms with van der Waals surface area (Å²) in [6, 6.07) is 0.567. The van der Waals surface area contributed by atoms with E-state index in [-0.39, 0.29) is 6.04 Å².